The van der Waals surface area contributed by atoms with E-state index in [1.807, 2.05) is 6.92 Å². The second-order valence-electron chi connectivity index (χ2n) is 7.89. The van der Waals surface area contributed by atoms with Crippen LogP contribution in [0.1, 0.15) is 18.1 Å². The first-order valence-corrected chi connectivity index (χ1v) is 12.1. The van der Waals surface area contributed by atoms with Crippen LogP contribution in [0.15, 0.2) is 36.4 Å². The number of halogens is 7. The van der Waals surface area contributed by atoms with E-state index in [9.17, 15) is 40.3 Å². The molecule has 0 aromatic heterocycles. The van der Waals surface area contributed by atoms with Gasteiger partial charge in [0.25, 0.3) is 0 Å². The van der Waals surface area contributed by atoms with Gasteiger partial charge >= 0.3 is 24.5 Å². The summed E-state index contributed by atoms with van der Waals surface area (Å²) < 4.78 is 101. The van der Waals surface area contributed by atoms with E-state index in [4.69, 9.17) is 4.74 Å². The van der Waals surface area contributed by atoms with Crippen LogP contribution in [0, 0.1) is 5.82 Å². The van der Waals surface area contributed by atoms with Gasteiger partial charge in [-0.1, -0.05) is 6.92 Å². The van der Waals surface area contributed by atoms with Crippen molar-refractivity contribution in [2.75, 3.05) is 48.0 Å². The highest BCUT2D eigenvalue weighted by molar-refractivity contribution is 7.99. The van der Waals surface area contributed by atoms with Gasteiger partial charge < -0.3 is 9.64 Å². The Bertz CT molecular complexity index is 1140. The molecular weight excluding hydrogens is 531 g/mol. The Morgan fingerprint density at radius 3 is 2.27 bits per heavy atom. The van der Waals surface area contributed by atoms with Crippen molar-refractivity contribution in [1.82, 2.24) is 4.90 Å². The number of rotatable bonds is 7. The summed E-state index contributed by atoms with van der Waals surface area (Å²) in [6.45, 7) is 1.98. The first-order chi connectivity index (χ1) is 17.2. The molecule has 3 amide bonds. The molecule has 6 nitrogen and oxygen atoms in total. The van der Waals surface area contributed by atoms with Crippen molar-refractivity contribution >= 4 is 35.3 Å². The number of anilines is 2. The average molecular weight is 554 g/mol. The van der Waals surface area contributed by atoms with E-state index < -0.39 is 52.9 Å². The molecule has 0 atom stereocenters. The van der Waals surface area contributed by atoms with Crippen molar-refractivity contribution in [3.63, 3.8) is 0 Å². The average Bonchev–Trinajstić information content (AvgIpc) is 3.17. The minimum absolute atomic E-state index is 0.0465. The third-order valence-corrected chi connectivity index (χ3v) is 6.35. The Balaban J connectivity index is 2.07. The summed E-state index contributed by atoms with van der Waals surface area (Å²) in [5.41, 5.74) is -4.32. The Kier molecular flexibility index (Phi) is 8.50. The lowest BCUT2D eigenvalue weighted by Gasteiger charge is -2.26. The quantitative estimate of drug-likeness (QED) is 0.291. The van der Waals surface area contributed by atoms with E-state index in [0.717, 1.165) is 46.9 Å². The number of ether oxygens (including phenoxy) is 1. The summed E-state index contributed by atoms with van der Waals surface area (Å²) in [5.74, 6) is -0.589. The number of nitrogens with zero attached hydrogens (tertiary/aromatic N) is 3. The lowest BCUT2D eigenvalue weighted by atomic mass is 10.1. The maximum atomic E-state index is 14.0. The zero-order chi connectivity index (χ0) is 27.5. The number of carbonyl (C=O) groups is 2. The highest BCUT2D eigenvalue weighted by atomic mass is 32.2. The summed E-state index contributed by atoms with van der Waals surface area (Å²) >= 11 is 1.51. The third-order valence-electron chi connectivity index (χ3n) is 5.47. The summed E-state index contributed by atoms with van der Waals surface area (Å²) in [7, 11) is 1.13. The van der Waals surface area contributed by atoms with Crippen molar-refractivity contribution in [2.24, 2.45) is 0 Å². The molecule has 14 heteroatoms. The van der Waals surface area contributed by atoms with Crippen LogP contribution in [0.5, 0.6) is 5.75 Å². The number of benzene rings is 2. The minimum Gasteiger partial charge on any atom is -0.407 e. The summed E-state index contributed by atoms with van der Waals surface area (Å²) in [5, 5.41) is 0. The fraction of sp³-hybridized carbons (Fsp3) is 0.391. The van der Waals surface area contributed by atoms with Crippen LogP contribution in [0.4, 0.5) is 51.7 Å². The Morgan fingerprint density at radius 2 is 1.70 bits per heavy atom. The second kappa shape index (κ2) is 11.1. The first-order valence-electron chi connectivity index (χ1n) is 10.9. The second-order valence-corrected chi connectivity index (χ2v) is 9.28. The molecule has 0 radical (unpaired) electrons. The van der Waals surface area contributed by atoms with E-state index in [2.05, 4.69) is 0 Å². The standard InChI is InChI=1S/C23H22F7N3O3S/c1-3-37-11-10-32-8-9-33(20(32)34)18-13-14(22(25,26)27)12-17(23(28,29)30)19(18)36-21(35)31(2)16-6-4-15(24)5-7-16/h4-7,12-13H,3,8-11H2,1-2H3. The fourth-order valence-electron chi connectivity index (χ4n) is 3.55. The van der Waals surface area contributed by atoms with Crippen LogP contribution in [0.2, 0.25) is 0 Å². The highest BCUT2D eigenvalue weighted by Crippen LogP contribution is 2.47. The minimum atomic E-state index is -5.36. The summed E-state index contributed by atoms with van der Waals surface area (Å²) in [6, 6.07) is 3.69. The number of hydrogen-bond donors (Lipinski definition) is 0. The van der Waals surface area contributed by atoms with Crippen LogP contribution in [-0.2, 0) is 12.4 Å². The molecule has 0 aliphatic carbocycles. The molecule has 0 unspecified atom stereocenters. The Hall–Kier alpha value is -3.16. The molecule has 1 fully saturated rings. The molecule has 1 aliphatic heterocycles. The monoisotopic (exact) mass is 553 g/mol. The number of hydrogen-bond acceptors (Lipinski definition) is 4. The number of thioether (sulfide) groups is 1. The number of carbonyl (C=O) groups excluding carboxylic acids is 2. The molecule has 2 aromatic rings. The molecule has 0 N–H and O–H groups in total. The van der Waals surface area contributed by atoms with Crippen molar-refractivity contribution in [1.29, 1.82) is 0 Å². The van der Waals surface area contributed by atoms with E-state index in [1.54, 1.807) is 0 Å². The summed E-state index contributed by atoms with van der Waals surface area (Å²) in [6.07, 6.45) is -11.9. The SMILES string of the molecule is CCSCCN1CCN(c2cc(C(F)(F)F)cc(C(F)(F)F)c2OC(=O)N(C)c2ccc(F)cc2)C1=O. The van der Waals surface area contributed by atoms with Crippen LogP contribution in [0.3, 0.4) is 0 Å². The molecule has 0 bridgehead atoms. The van der Waals surface area contributed by atoms with E-state index >= 15 is 0 Å². The van der Waals surface area contributed by atoms with Gasteiger partial charge in [0.05, 0.1) is 11.3 Å². The maximum Gasteiger partial charge on any atom is 0.420 e. The van der Waals surface area contributed by atoms with Gasteiger partial charge in [-0.3, -0.25) is 9.80 Å². The molecular formula is C23H22F7N3O3S. The van der Waals surface area contributed by atoms with Gasteiger partial charge in [-0.05, 0) is 42.2 Å². The van der Waals surface area contributed by atoms with Crippen LogP contribution < -0.4 is 14.5 Å². The van der Waals surface area contributed by atoms with Crippen molar-refractivity contribution in [2.45, 2.75) is 19.3 Å². The lowest BCUT2D eigenvalue weighted by Crippen LogP contribution is -2.35. The molecule has 3 rings (SSSR count). The van der Waals surface area contributed by atoms with Crippen LogP contribution >= 0.6 is 11.8 Å². The number of amides is 3. The molecule has 0 saturated carbocycles. The number of alkyl halides is 6. The molecule has 1 heterocycles. The predicted molar refractivity (Wildman–Crippen MR) is 125 cm³/mol. The smallest absolute Gasteiger partial charge is 0.407 e. The zero-order valence-corrected chi connectivity index (χ0v) is 20.4. The molecule has 37 heavy (non-hydrogen) atoms. The molecule has 2 aromatic carbocycles. The maximum absolute atomic E-state index is 14.0. The van der Waals surface area contributed by atoms with Crippen molar-refractivity contribution in [3.05, 3.63) is 53.3 Å². The van der Waals surface area contributed by atoms with E-state index in [1.165, 1.54) is 16.7 Å². The summed E-state index contributed by atoms with van der Waals surface area (Å²) in [4.78, 5) is 28.5. The topological polar surface area (TPSA) is 53.1 Å². The van der Waals surface area contributed by atoms with Crippen LogP contribution in [-0.4, -0.2) is 55.2 Å². The zero-order valence-electron chi connectivity index (χ0n) is 19.6. The van der Waals surface area contributed by atoms with Gasteiger partial charge in [0.2, 0.25) is 0 Å². The van der Waals surface area contributed by atoms with E-state index in [0.29, 0.717) is 11.8 Å². The van der Waals surface area contributed by atoms with Gasteiger partial charge in [0.1, 0.15) is 11.4 Å². The van der Waals surface area contributed by atoms with Gasteiger partial charge in [-0.25, -0.2) is 14.0 Å². The van der Waals surface area contributed by atoms with Gasteiger partial charge in [0.15, 0.2) is 5.75 Å². The first kappa shape index (κ1) is 28.4. The Labute approximate surface area is 211 Å². The predicted octanol–water partition coefficient (Wildman–Crippen LogP) is 6.49. The Morgan fingerprint density at radius 1 is 1.05 bits per heavy atom. The van der Waals surface area contributed by atoms with Crippen molar-refractivity contribution < 1.29 is 45.1 Å². The van der Waals surface area contributed by atoms with Crippen LogP contribution in [0.25, 0.3) is 0 Å². The van der Waals surface area contributed by atoms with Crippen molar-refractivity contribution in [3.8, 4) is 5.75 Å². The van der Waals surface area contributed by atoms with Gasteiger partial charge in [-0.2, -0.15) is 38.1 Å². The molecule has 1 aliphatic rings. The largest absolute Gasteiger partial charge is 0.420 e. The van der Waals surface area contributed by atoms with Gasteiger partial charge in [-0.15, -0.1) is 0 Å². The number of urea groups is 1. The molecule has 0 spiro atoms. The normalized spacial score (nSPS) is 14.4. The highest BCUT2D eigenvalue weighted by Gasteiger charge is 2.44. The third kappa shape index (κ3) is 6.59. The molecule has 202 valence electrons. The lowest BCUT2D eigenvalue weighted by molar-refractivity contribution is -0.143. The fourth-order valence-corrected chi connectivity index (χ4v) is 4.19. The van der Waals surface area contributed by atoms with E-state index in [-0.39, 0.29) is 31.4 Å². The van der Waals surface area contributed by atoms with Gasteiger partial charge in [0, 0.05) is 38.1 Å². The molecule has 1 saturated heterocycles.